The summed E-state index contributed by atoms with van der Waals surface area (Å²) in [4.78, 5) is 20.4. The number of aromatic nitrogens is 2. The number of nitrogens with zero attached hydrogens (tertiary/aromatic N) is 3. The summed E-state index contributed by atoms with van der Waals surface area (Å²) in [7, 11) is 0. The fourth-order valence-corrected chi connectivity index (χ4v) is 2.62. The minimum absolute atomic E-state index is 0.271. The molecular weight excluding hydrogens is 382 g/mol. The van der Waals surface area contributed by atoms with Crippen LogP contribution in [0.1, 0.15) is 12.8 Å². The van der Waals surface area contributed by atoms with Gasteiger partial charge in [0, 0.05) is 31.4 Å². The summed E-state index contributed by atoms with van der Waals surface area (Å²) < 4.78 is 17.1. The zero-order valence-corrected chi connectivity index (χ0v) is 15.0. The molecule has 24 heavy (non-hydrogen) atoms. The smallest absolute Gasteiger partial charge is 0.407 e. The second-order valence-corrected chi connectivity index (χ2v) is 6.37. The van der Waals surface area contributed by atoms with Crippen LogP contribution in [0.5, 0.6) is 6.01 Å². The van der Waals surface area contributed by atoms with Crippen molar-refractivity contribution < 1.29 is 24.1 Å². The zero-order valence-electron chi connectivity index (χ0n) is 13.4. The van der Waals surface area contributed by atoms with E-state index in [1.807, 2.05) is 0 Å². The molecule has 134 valence electrons. The molecule has 1 amide bonds. The van der Waals surface area contributed by atoms with Gasteiger partial charge < -0.3 is 24.2 Å². The quantitative estimate of drug-likeness (QED) is 0.630. The fourth-order valence-electron chi connectivity index (χ4n) is 2.41. The van der Waals surface area contributed by atoms with Crippen LogP contribution in [0.3, 0.4) is 0 Å². The van der Waals surface area contributed by atoms with Gasteiger partial charge >= 0.3 is 12.1 Å². The van der Waals surface area contributed by atoms with Crippen LogP contribution < -0.4 is 4.74 Å². The maximum Gasteiger partial charge on any atom is 0.407 e. The molecule has 0 saturated carbocycles. The van der Waals surface area contributed by atoms with Gasteiger partial charge in [-0.3, -0.25) is 0 Å². The Labute approximate surface area is 149 Å². The highest BCUT2D eigenvalue weighted by Gasteiger charge is 2.22. The van der Waals surface area contributed by atoms with Crippen LogP contribution in [-0.2, 0) is 9.47 Å². The number of halogens is 1. The first kappa shape index (κ1) is 18.9. The number of piperidine rings is 1. The summed E-state index contributed by atoms with van der Waals surface area (Å²) >= 11 is 3.25. The minimum Gasteiger partial charge on any atom is -0.465 e. The molecule has 8 nitrogen and oxygen atoms in total. The predicted octanol–water partition coefficient (Wildman–Crippen LogP) is 2.04. The van der Waals surface area contributed by atoms with Gasteiger partial charge in [-0.15, -0.1) is 0 Å². The molecule has 0 spiro atoms. The molecule has 9 heteroatoms. The Hall–Kier alpha value is -1.45. The molecule has 1 aromatic heterocycles. The summed E-state index contributed by atoms with van der Waals surface area (Å²) in [5, 5.41) is 8.99. The molecule has 2 heterocycles. The predicted molar refractivity (Wildman–Crippen MR) is 89.2 cm³/mol. The zero-order chi connectivity index (χ0) is 17.2. The van der Waals surface area contributed by atoms with E-state index in [9.17, 15) is 4.79 Å². The average molecular weight is 404 g/mol. The number of ether oxygens (including phenoxy) is 3. The van der Waals surface area contributed by atoms with Crippen LogP contribution in [-0.4, -0.2) is 72.2 Å². The summed E-state index contributed by atoms with van der Waals surface area (Å²) in [6.45, 7) is 3.50. The third-order valence-electron chi connectivity index (χ3n) is 3.57. The van der Waals surface area contributed by atoms with Gasteiger partial charge in [0.25, 0.3) is 0 Å². The van der Waals surface area contributed by atoms with Crippen molar-refractivity contribution in [1.82, 2.24) is 14.9 Å². The summed E-state index contributed by atoms with van der Waals surface area (Å²) in [6, 6.07) is 0.318. The first-order valence-corrected chi connectivity index (χ1v) is 8.68. The highest BCUT2D eigenvalue weighted by molar-refractivity contribution is 9.10. The van der Waals surface area contributed by atoms with E-state index < -0.39 is 6.09 Å². The van der Waals surface area contributed by atoms with E-state index in [-0.39, 0.29) is 5.92 Å². The molecule has 1 fully saturated rings. The topological polar surface area (TPSA) is 94.0 Å². The molecule has 1 N–H and O–H groups in total. The third-order valence-corrected chi connectivity index (χ3v) is 3.98. The molecule has 0 unspecified atom stereocenters. The van der Waals surface area contributed by atoms with E-state index >= 15 is 0 Å². The molecular formula is C15H22BrN3O5. The third kappa shape index (κ3) is 6.98. The van der Waals surface area contributed by atoms with Crippen LogP contribution in [0.4, 0.5) is 4.79 Å². The van der Waals surface area contributed by atoms with Crippen molar-refractivity contribution in [3.05, 3.63) is 16.9 Å². The van der Waals surface area contributed by atoms with Crippen molar-refractivity contribution >= 4 is 22.0 Å². The SMILES string of the molecule is O=C(O)N1CCC[C@H](COCCOCCOc2ncc(Br)cn2)C1. The number of hydrogen-bond acceptors (Lipinski definition) is 6. The Bertz CT molecular complexity index is 502. The van der Waals surface area contributed by atoms with Crippen molar-refractivity contribution in [3.63, 3.8) is 0 Å². The van der Waals surface area contributed by atoms with Crippen LogP contribution >= 0.6 is 15.9 Å². The lowest BCUT2D eigenvalue weighted by Gasteiger charge is -2.30. The Morgan fingerprint density at radius 2 is 1.96 bits per heavy atom. The van der Waals surface area contributed by atoms with Crippen molar-refractivity contribution in [1.29, 1.82) is 0 Å². The highest BCUT2D eigenvalue weighted by Crippen LogP contribution is 2.16. The fraction of sp³-hybridized carbons (Fsp3) is 0.667. The number of carbonyl (C=O) groups is 1. The van der Waals surface area contributed by atoms with Gasteiger partial charge in [-0.05, 0) is 28.8 Å². The lowest BCUT2D eigenvalue weighted by molar-refractivity contribution is 0.0129. The lowest BCUT2D eigenvalue weighted by atomic mass is 9.99. The standard InChI is InChI=1S/C15H22BrN3O5/c16-13-8-17-14(18-9-13)24-7-6-22-4-5-23-11-12-2-1-3-19(10-12)15(20)21/h8-9,12H,1-7,10-11H2,(H,20,21)/t12-/m0/s1. The number of rotatable bonds is 9. The van der Waals surface area contributed by atoms with E-state index in [2.05, 4.69) is 25.9 Å². The number of hydrogen-bond donors (Lipinski definition) is 1. The molecule has 0 radical (unpaired) electrons. The highest BCUT2D eigenvalue weighted by atomic mass is 79.9. The molecule has 1 aliphatic heterocycles. The molecule has 1 atom stereocenters. The number of amides is 1. The molecule has 1 aliphatic rings. The second kappa shape index (κ2) is 10.4. The van der Waals surface area contributed by atoms with Crippen molar-refractivity contribution in [2.45, 2.75) is 12.8 Å². The van der Waals surface area contributed by atoms with Crippen LogP contribution in [0.2, 0.25) is 0 Å². The monoisotopic (exact) mass is 403 g/mol. The number of carboxylic acid groups (broad SMARTS) is 1. The van der Waals surface area contributed by atoms with Gasteiger partial charge in [0.05, 0.1) is 30.9 Å². The van der Waals surface area contributed by atoms with Crippen LogP contribution in [0.15, 0.2) is 16.9 Å². The van der Waals surface area contributed by atoms with Crippen LogP contribution in [0.25, 0.3) is 0 Å². The van der Waals surface area contributed by atoms with E-state index in [1.54, 1.807) is 12.4 Å². The van der Waals surface area contributed by atoms with Gasteiger partial charge in [0.1, 0.15) is 6.61 Å². The lowest BCUT2D eigenvalue weighted by Crippen LogP contribution is -2.40. The van der Waals surface area contributed by atoms with Crippen molar-refractivity contribution in [2.75, 3.05) is 46.1 Å². The van der Waals surface area contributed by atoms with Crippen molar-refractivity contribution in [2.24, 2.45) is 5.92 Å². The summed E-state index contributed by atoms with van der Waals surface area (Å²) in [6.07, 6.45) is 4.29. The maximum atomic E-state index is 10.9. The largest absolute Gasteiger partial charge is 0.465 e. The van der Waals surface area contributed by atoms with E-state index in [0.29, 0.717) is 52.1 Å². The first-order valence-electron chi connectivity index (χ1n) is 7.89. The Morgan fingerprint density at radius 1 is 1.25 bits per heavy atom. The average Bonchev–Trinajstić information content (AvgIpc) is 2.59. The summed E-state index contributed by atoms with van der Waals surface area (Å²) in [5.74, 6) is 0.271. The minimum atomic E-state index is -0.849. The Morgan fingerprint density at radius 3 is 2.71 bits per heavy atom. The van der Waals surface area contributed by atoms with E-state index in [0.717, 1.165) is 17.3 Å². The van der Waals surface area contributed by atoms with Crippen LogP contribution in [0, 0.1) is 5.92 Å². The van der Waals surface area contributed by atoms with Gasteiger partial charge in [-0.2, -0.15) is 0 Å². The van der Waals surface area contributed by atoms with E-state index in [1.165, 1.54) is 4.90 Å². The normalized spacial score (nSPS) is 17.7. The van der Waals surface area contributed by atoms with Crippen molar-refractivity contribution in [3.8, 4) is 6.01 Å². The number of likely N-dealkylation sites (tertiary alicyclic amines) is 1. The summed E-state index contributed by atoms with van der Waals surface area (Å²) in [5.41, 5.74) is 0. The molecule has 1 saturated heterocycles. The molecule has 0 bridgehead atoms. The molecule has 2 rings (SSSR count). The Balaban J connectivity index is 1.45. The first-order chi connectivity index (χ1) is 11.6. The molecule has 0 aromatic carbocycles. The van der Waals surface area contributed by atoms with Gasteiger partial charge in [-0.1, -0.05) is 0 Å². The second-order valence-electron chi connectivity index (χ2n) is 5.46. The van der Waals surface area contributed by atoms with Gasteiger partial charge in [-0.25, -0.2) is 14.8 Å². The van der Waals surface area contributed by atoms with E-state index in [4.69, 9.17) is 19.3 Å². The molecule has 1 aromatic rings. The van der Waals surface area contributed by atoms with Gasteiger partial charge in [0.2, 0.25) is 0 Å². The Kier molecular flexibility index (Phi) is 8.20. The van der Waals surface area contributed by atoms with Gasteiger partial charge in [0.15, 0.2) is 0 Å². The maximum absolute atomic E-state index is 10.9. The molecule has 0 aliphatic carbocycles.